The maximum atomic E-state index is 9.26. The molecule has 1 aliphatic rings. The monoisotopic (exact) mass is 251 g/mol. The number of nitrogens with one attached hydrogen (secondary N) is 2. The van der Waals surface area contributed by atoms with Crippen molar-refractivity contribution in [3.63, 3.8) is 0 Å². The van der Waals surface area contributed by atoms with Crippen molar-refractivity contribution in [1.29, 1.82) is 5.26 Å². The third-order valence-electron chi connectivity index (χ3n) is 3.19. The molecule has 3 rings (SSSR count). The number of nitriles is 1. The molecule has 0 atom stereocenters. The standard InChI is InChI=1S/C14H13N5/c1-9-12(19-14-17-5-6-18-14)7-10(8-15)11-3-2-4-16-13(9)11/h2-4,7H,5-6H2,1H3,(H2,17,18,19). The van der Waals surface area contributed by atoms with Gasteiger partial charge in [0, 0.05) is 23.8 Å². The van der Waals surface area contributed by atoms with E-state index in [0.717, 1.165) is 41.2 Å². The molecule has 5 heteroatoms. The van der Waals surface area contributed by atoms with Crippen molar-refractivity contribution in [3.8, 4) is 6.07 Å². The molecule has 1 aromatic carbocycles. The summed E-state index contributed by atoms with van der Waals surface area (Å²) in [6.45, 7) is 3.62. The maximum Gasteiger partial charge on any atom is 0.195 e. The lowest BCUT2D eigenvalue weighted by Gasteiger charge is -2.12. The summed E-state index contributed by atoms with van der Waals surface area (Å²) in [6, 6.07) is 7.84. The van der Waals surface area contributed by atoms with Gasteiger partial charge in [0.25, 0.3) is 0 Å². The molecular weight excluding hydrogens is 238 g/mol. The van der Waals surface area contributed by atoms with E-state index >= 15 is 0 Å². The lowest BCUT2D eigenvalue weighted by molar-refractivity contribution is 0.959. The summed E-state index contributed by atoms with van der Waals surface area (Å²) in [5.74, 6) is 0.752. The van der Waals surface area contributed by atoms with Gasteiger partial charge in [0.05, 0.1) is 23.7 Å². The Morgan fingerprint density at radius 3 is 3.11 bits per heavy atom. The summed E-state index contributed by atoms with van der Waals surface area (Å²) in [7, 11) is 0. The van der Waals surface area contributed by atoms with Crippen LogP contribution in [0.4, 0.5) is 5.69 Å². The molecule has 94 valence electrons. The van der Waals surface area contributed by atoms with Gasteiger partial charge in [0.2, 0.25) is 0 Å². The van der Waals surface area contributed by atoms with Crippen LogP contribution in [0.3, 0.4) is 0 Å². The lowest BCUT2D eigenvalue weighted by atomic mass is 10.0. The summed E-state index contributed by atoms with van der Waals surface area (Å²) < 4.78 is 0. The Morgan fingerprint density at radius 2 is 2.37 bits per heavy atom. The smallest absolute Gasteiger partial charge is 0.195 e. The largest absolute Gasteiger partial charge is 0.354 e. The molecule has 0 saturated heterocycles. The summed E-state index contributed by atoms with van der Waals surface area (Å²) in [5.41, 5.74) is 3.36. The molecule has 2 heterocycles. The van der Waals surface area contributed by atoms with Crippen molar-refractivity contribution in [2.24, 2.45) is 4.99 Å². The Morgan fingerprint density at radius 1 is 1.47 bits per heavy atom. The highest BCUT2D eigenvalue weighted by Gasteiger charge is 2.12. The molecule has 0 aliphatic carbocycles. The van der Waals surface area contributed by atoms with Crippen LogP contribution in [-0.2, 0) is 0 Å². The summed E-state index contributed by atoms with van der Waals surface area (Å²) >= 11 is 0. The van der Waals surface area contributed by atoms with Gasteiger partial charge in [0.15, 0.2) is 5.96 Å². The number of pyridine rings is 1. The zero-order valence-electron chi connectivity index (χ0n) is 10.6. The molecule has 0 radical (unpaired) electrons. The zero-order valence-corrected chi connectivity index (χ0v) is 10.6. The van der Waals surface area contributed by atoms with E-state index in [2.05, 4.69) is 26.7 Å². The minimum Gasteiger partial charge on any atom is -0.354 e. The van der Waals surface area contributed by atoms with Gasteiger partial charge in [-0.15, -0.1) is 0 Å². The molecule has 5 nitrogen and oxygen atoms in total. The normalized spacial score (nSPS) is 13.8. The van der Waals surface area contributed by atoms with Crippen molar-refractivity contribution < 1.29 is 0 Å². The van der Waals surface area contributed by atoms with Gasteiger partial charge in [0.1, 0.15) is 0 Å². The number of guanidine groups is 1. The number of anilines is 1. The van der Waals surface area contributed by atoms with Crippen molar-refractivity contribution in [2.75, 3.05) is 18.4 Å². The fourth-order valence-electron chi connectivity index (χ4n) is 2.21. The Balaban J connectivity index is 2.14. The highest BCUT2D eigenvalue weighted by molar-refractivity contribution is 5.99. The van der Waals surface area contributed by atoms with Gasteiger partial charge in [-0.25, -0.2) is 0 Å². The van der Waals surface area contributed by atoms with Crippen LogP contribution in [0, 0.1) is 18.3 Å². The van der Waals surface area contributed by atoms with Crippen molar-refractivity contribution in [3.05, 3.63) is 35.5 Å². The summed E-state index contributed by atoms with van der Waals surface area (Å²) in [5, 5.41) is 16.5. The molecule has 2 aromatic rings. The fraction of sp³-hybridized carbons (Fsp3) is 0.214. The van der Waals surface area contributed by atoms with E-state index in [1.807, 2.05) is 25.1 Å². The van der Waals surface area contributed by atoms with Crippen molar-refractivity contribution >= 4 is 22.5 Å². The first kappa shape index (κ1) is 11.5. The first-order valence-corrected chi connectivity index (χ1v) is 6.13. The predicted octanol–water partition coefficient (Wildman–Crippen LogP) is 1.79. The molecule has 0 amide bonds. The number of fused-ring (bicyclic) bond motifs is 1. The van der Waals surface area contributed by atoms with Crippen molar-refractivity contribution in [2.45, 2.75) is 6.92 Å². The first-order chi connectivity index (χ1) is 9.29. The number of aromatic nitrogens is 1. The quantitative estimate of drug-likeness (QED) is 0.810. The number of hydrogen-bond acceptors (Lipinski definition) is 5. The van der Waals surface area contributed by atoms with Crippen LogP contribution in [0.1, 0.15) is 11.1 Å². The molecule has 0 saturated carbocycles. The van der Waals surface area contributed by atoms with E-state index in [-0.39, 0.29) is 0 Å². The molecule has 0 fully saturated rings. The Hall–Kier alpha value is -2.61. The number of benzene rings is 1. The second-order valence-electron chi connectivity index (χ2n) is 4.39. The van der Waals surface area contributed by atoms with E-state index in [9.17, 15) is 5.26 Å². The van der Waals surface area contributed by atoms with Crippen LogP contribution in [0.25, 0.3) is 10.9 Å². The second kappa shape index (κ2) is 4.58. The third kappa shape index (κ3) is 1.97. The Bertz CT molecular complexity index is 712. The molecule has 2 N–H and O–H groups in total. The van der Waals surface area contributed by atoms with Crippen molar-refractivity contribution in [1.82, 2.24) is 10.3 Å². The molecule has 19 heavy (non-hydrogen) atoms. The minimum absolute atomic E-state index is 0.620. The van der Waals surface area contributed by atoms with Crippen LogP contribution >= 0.6 is 0 Å². The van der Waals surface area contributed by atoms with E-state index in [1.165, 1.54) is 0 Å². The molecular formula is C14H13N5. The van der Waals surface area contributed by atoms with Gasteiger partial charge in [-0.05, 0) is 30.7 Å². The van der Waals surface area contributed by atoms with Gasteiger partial charge in [-0.3, -0.25) is 9.98 Å². The van der Waals surface area contributed by atoms with Gasteiger partial charge in [-0.2, -0.15) is 5.26 Å². The number of aryl methyl sites for hydroxylation is 1. The molecule has 1 aliphatic heterocycles. The SMILES string of the molecule is Cc1c(NC2=NCCN2)cc(C#N)c2cccnc12. The molecule has 0 spiro atoms. The van der Waals surface area contributed by atoms with Gasteiger partial charge >= 0.3 is 0 Å². The van der Waals surface area contributed by atoms with Gasteiger partial charge < -0.3 is 10.6 Å². The highest BCUT2D eigenvalue weighted by atomic mass is 15.2. The fourth-order valence-corrected chi connectivity index (χ4v) is 2.21. The molecule has 0 bridgehead atoms. The van der Waals surface area contributed by atoms with E-state index < -0.39 is 0 Å². The average Bonchev–Trinajstić information content (AvgIpc) is 2.95. The van der Waals surface area contributed by atoms with E-state index in [4.69, 9.17) is 0 Å². The predicted molar refractivity (Wildman–Crippen MR) is 75.1 cm³/mol. The highest BCUT2D eigenvalue weighted by Crippen LogP contribution is 2.27. The van der Waals surface area contributed by atoms with Crippen LogP contribution in [0.5, 0.6) is 0 Å². The third-order valence-corrected chi connectivity index (χ3v) is 3.19. The van der Waals surface area contributed by atoms with Crippen LogP contribution < -0.4 is 10.6 Å². The molecule has 0 unspecified atom stereocenters. The van der Waals surface area contributed by atoms with Crippen LogP contribution in [0.15, 0.2) is 29.4 Å². The average molecular weight is 251 g/mol. The van der Waals surface area contributed by atoms with E-state index in [0.29, 0.717) is 5.56 Å². The second-order valence-corrected chi connectivity index (χ2v) is 4.39. The Kier molecular flexibility index (Phi) is 2.76. The minimum atomic E-state index is 0.620. The first-order valence-electron chi connectivity index (χ1n) is 6.13. The van der Waals surface area contributed by atoms with E-state index in [1.54, 1.807) is 6.20 Å². The summed E-state index contributed by atoms with van der Waals surface area (Å²) in [4.78, 5) is 8.67. The van der Waals surface area contributed by atoms with Crippen LogP contribution in [0.2, 0.25) is 0 Å². The number of nitrogens with zero attached hydrogens (tertiary/aromatic N) is 3. The van der Waals surface area contributed by atoms with Gasteiger partial charge in [-0.1, -0.05) is 0 Å². The molecule has 1 aromatic heterocycles. The lowest BCUT2D eigenvalue weighted by Crippen LogP contribution is -2.26. The summed E-state index contributed by atoms with van der Waals surface area (Å²) in [6.07, 6.45) is 1.74. The topological polar surface area (TPSA) is 73.1 Å². The zero-order chi connectivity index (χ0) is 13.2. The van der Waals surface area contributed by atoms with Crippen LogP contribution in [-0.4, -0.2) is 24.0 Å². The number of aliphatic imine (C=N–C) groups is 1. The Labute approximate surface area is 111 Å². The maximum absolute atomic E-state index is 9.26. The number of hydrogen-bond donors (Lipinski definition) is 2. The number of rotatable bonds is 1.